The number of benzene rings is 1. The fraction of sp³-hybridized carbons (Fsp3) is 0.176. The molecule has 0 radical (unpaired) electrons. The summed E-state index contributed by atoms with van der Waals surface area (Å²) in [5.41, 5.74) is 3.54. The van der Waals surface area contributed by atoms with E-state index in [1.54, 1.807) is 42.3 Å². The number of aromatic nitrogens is 4. The van der Waals surface area contributed by atoms with Crippen molar-refractivity contribution in [1.82, 2.24) is 19.7 Å². The summed E-state index contributed by atoms with van der Waals surface area (Å²) < 4.78 is 1.70. The largest absolute Gasteiger partial charge is 0.478 e. The van der Waals surface area contributed by atoms with Crippen LogP contribution in [0.25, 0.3) is 11.4 Å². The molecule has 1 aromatic carbocycles. The number of carboxylic acid groups (broad SMARTS) is 1. The van der Waals surface area contributed by atoms with Crippen molar-refractivity contribution in [2.75, 3.05) is 5.32 Å². The fourth-order valence-corrected chi connectivity index (χ4v) is 2.30. The van der Waals surface area contributed by atoms with Crippen molar-refractivity contribution in [3.63, 3.8) is 0 Å². The van der Waals surface area contributed by atoms with Crippen LogP contribution >= 0.6 is 0 Å². The molecule has 2 aromatic heterocycles. The Kier molecular flexibility index (Phi) is 4.24. The molecule has 24 heavy (non-hydrogen) atoms. The summed E-state index contributed by atoms with van der Waals surface area (Å²) in [4.78, 5) is 19.8. The summed E-state index contributed by atoms with van der Waals surface area (Å²) in [7, 11) is 1.84. The molecule has 0 atom stereocenters. The third-order valence-electron chi connectivity index (χ3n) is 3.63. The molecule has 2 N–H and O–H groups in total. The molecule has 3 rings (SSSR count). The third kappa shape index (κ3) is 3.40. The van der Waals surface area contributed by atoms with Crippen LogP contribution in [0.1, 0.15) is 21.5 Å². The van der Waals surface area contributed by atoms with Crippen LogP contribution in [-0.4, -0.2) is 30.8 Å². The molecule has 0 saturated heterocycles. The van der Waals surface area contributed by atoms with Crippen LogP contribution in [0.2, 0.25) is 0 Å². The zero-order valence-electron chi connectivity index (χ0n) is 13.4. The maximum absolute atomic E-state index is 11.2. The van der Waals surface area contributed by atoms with Gasteiger partial charge in [0.15, 0.2) is 5.82 Å². The number of aromatic carboxylic acids is 1. The number of rotatable bonds is 5. The van der Waals surface area contributed by atoms with Gasteiger partial charge in [0.05, 0.1) is 17.3 Å². The highest BCUT2D eigenvalue weighted by Crippen LogP contribution is 2.17. The molecule has 2 heterocycles. The first kappa shape index (κ1) is 15.7. The van der Waals surface area contributed by atoms with E-state index in [1.165, 1.54) is 0 Å². The summed E-state index contributed by atoms with van der Waals surface area (Å²) in [6.45, 7) is 2.29. The van der Waals surface area contributed by atoms with Crippen LogP contribution in [0.4, 0.5) is 5.69 Å². The summed E-state index contributed by atoms with van der Waals surface area (Å²) in [5.74, 6) is -0.310. The van der Waals surface area contributed by atoms with Crippen LogP contribution in [0.5, 0.6) is 0 Å². The SMILES string of the molecule is Cc1ccc(NCc2cnc(-c3cnn(C)c3)nc2)cc1C(=O)O. The highest BCUT2D eigenvalue weighted by atomic mass is 16.4. The number of carbonyl (C=O) groups is 1. The average molecular weight is 323 g/mol. The fourth-order valence-electron chi connectivity index (χ4n) is 2.30. The lowest BCUT2D eigenvalue weighted by Crippen LogP contribution is -2.04. The second-order valence-electron chi connectivity index (χ2n) is 5.51. The number of nitrogens with zero attached hydrogens (tertiary/aromatic N) is 4. The highest BCUT2D eigenvalue weighted by Gasteiger charge is 2.08. The molecule has 7 nitrogen and oxygen atoms in total. The Morgan fingerprint density at radius 1 is 1.25 bits per heavy atom. The lowest BCUT2D eigenvalue weighted by atomic mass is 10.1. The number of carboxylic acids is 1. The number of hydrogen-bond donors (Lipinski definition) is 2. The van der Waals surface area contributed by atoms with E-state index in [2.05, 4.69) is 20.4 Å². The van der Waals surface area contributed by atoms with Crippen molar-refractivity contribution in [1.29, 1.82) is 0 Å². The minimum absolute atomic E-state index is 0.295. The van der Waals surface area contributed by atoms with E-state index < -0.39 is 5.97 Å². The zero-order chi connectivity index (χ0) is 17.1. The van der Waals surface area contributed by atoms with Gasteiger partial charge in [0, 0.05) is 43.4 Å². The molecular formula is C17H17N5O2. The Balaban J connectivity index is 1.69. The Labute approximate surface area is 139 Å². The quantitative estimate of drug-likeness (QED) is 0.749. The summed E-state index contributed by atoms with van der Waals surface area (Å²) in [6.07, 6.45) is 7.06. The number of aryl methyl sites for hydroxylation is 2. The number of hydrogen-bond acceptors (Lipinski definition) is 5. The molecule has 7 heteroatoms. The molecule has 0 aliphatic heterocycles. The van der Waals surface area contributed by atoms with Crippen molar-refractivity contribution in [2.24, 2.45) is 7.05 Å². The molecule has 0 amide bonds. The lowest BCUT2D eigenvalue weighted by Gasteiger charge is -2.09. The molecule has 0 aliphatic carbocycles. The van der Waals surface area contributed by atoms with Gasteiger partial charge in [-0.05, 0) is 24.6 Å². The second kappa shape index (κ2) is 6.49. The average Bonchev–Trinajstić information content (AvgIpc) is 3.01. The van der Waals surface area contributed by atoms with Crippen LogP contribution in [0.15, 0.2) is 43.0 Å². The minimum atomic E-state index is -0.930. The Morgan fingerprint density at radius 2 is 2.00 bits per heavy atom. The van der Waals surface area contributed by atoms with Gasteiger partial charge >= 0.3 is 5.97 Å². The maximum Gasteiger partial charge on any atom is 0.336 e. The van der Waals surface area contributed by atoms with E-state index in [0.717, 1.165) is 22.4 Å². The first-order valence-electron chi connectivity index (χ1n) is 7.40. The zero-order valence-corrected chi connectivity index (χ0v) is 13.4. The lowest BCUT2D eigenvalue weighted by molar-refractivity contribution is 0.0696. The second-order valence-corrected chi connectivity index (χ2v) is 5.51. The van der Waals surface area contributed by atoms with E-state index in [1.807, 2.05) is 19.3 Å². The first-order chi connectivity index (χ1) is 11.5. The summed E-state index contributed by atoms with van der Waals surface area (Å²) >= 11 is 0. The molecule has 122 valence electrons. The smallest absolute Gasteiger partial charge is 0.336 e. The monoisotopic (exact) mass is 323 g/mol. The van der Waals surface area contributed by atoms with Crippen molar-refractivity contribution in [2.45, 2.75) is 13.5 Å². The first-order valence-corrected chi connectivity index (χ1v) is 7.40. The van der Waals surface area contributed by atoms with E-state index in [0.29, 0.717) is 17.9 Å². The molecule has 0 saturated carbocycles. The van der Waals surface area contributed by atoms with Gasteiger partial charge in [0.1, 0.15) is 0 Å². The maximum atomic E-state index is 11.2. The van der Waals surface area contributed by atoms with E-state index in [9.17, 15) is 4.79 Å². The third-order valence-corrected chi connectivity index (χ3v) is 3.63. The predicted octanol–water partition coefficient (Wildman–Crippen LogP) is 2.50. The molecular weight excluding hydrogens is 306 g/mol. The molecule has 3 aromatic rings. The van der Waals surface area contributed by atoms with Crippen molar-refractivity contribution >= 4 is 11.7 Å². The molecule has 0 spiro atoms. The normalized spacial score (nSPS) is 10.6. The standard InChI is InChI=1S/C17H17N5O2/c1-11-3-4-14(5-15(11)17(23)24)18-6-12-7-19-16(20-8-12)13-9-21-22(2)10-13/h3-5,7-10,18H,6H2,1-2H3,(H,23,24). The van der Waals surface area contributed by atoms with Crippen LogP contribution in [0.3, 0.4) is 0 Å². The van der Waals surface area contributed by atoms with E-state index >= 15 is 0 Å². The minimum Gasteiger partial charge on any atom is -0.478 e. The highest BCUT2D eigenvalue weighted by molar-refractivity contribution is 5.90. The molecule has 0 bridgehead atoms. The molecule has 0 unspecified atom stereocenters. The Morgan fingerprint density at radius 3 is 2.62 bits per heavy atom. The molecule has 0 aliphatic rings. The number of nitrogens with one attached hydrogen (secondary N) is 1. The van der Waals surface area contributed by atoms with Crippen LogP contribution < -0.4 is 5.32 Å². The van der Waals surface area contributed by atoms with Crippen LogP contribution in [-0.2, 0) is 13.6 Å². The van der Waals surface area contributed by atoms with Crippen LogP contribution in [0, 0.1) is 6.92 Å². The topological polar surface area (TPSA) is 92.9 Å². The van der Waals surface area contributed by atoms with E-state index in [-0.39, 0.29) is 0 Å². The van der Waals surface area contributed by atoms with Gasteiger partial charge in [0.25, 0.3) is 0 Å². The van der Waals surface area contributed by atoms with Crippen molar-refractivity contribution < 1.29 is 9.90 Å². The van der Waals surface area contributed by atoms with Gasteiger partial charge in [-0.1, -0.05) is 6.07 Å². The van der Waals surface area contributed by atoms with Gasteiger partial charge in [0.2, 0.25) is 0 Å². The Bertz CT molecular complexity index is 871. The van der Waals surface area contributed by atoms with Crippen molar-refractivity contribution in [3.05, 3.63) is 59.7 Å². The van der Waals surface area contributed by atoms with Gasteiger partial charge < -0.3 is 10.4 Å². The van der Waals surface area contributed by atoms with Gasteiger partial charge in [-0.3, -0.25) is 4.68 Å². The van der Waals surface area contributed by atoms with Gasteiger partial charge in [-0.25, -0.2) is 14.8 Å². The number of anilines is 1. The Hall–Kier alpha value is -3.22. The van der Waals surface area contributed by atoms with Crippen molar-refractivity contribution in [3.8, 4) is 11.4 Å². The summed E-state index contributed by atoms with van der Waals surface area (Å²) in [5, 5.41) is 16.4. The molecule has 0 fully saturated rings. The van der Waals surface area contributed by atoms with Gasteiger partial charge in [-0.15, -0.1) is 0 Å². The predicted molar refractivity (Wildman–Crippen MR) is 89.7 cm³/mol. The summed E-state index contributed by atoms with van der Waals surface area (Å²) in [6, 6.07) is 5.27. The van der Waals surface area contributed by atoms with Gasteiger partial charge in [-0.2, -0.15) is 5.10 Å². The van der Waals surface area contributed by atoms with E-state index in [4.69, 9.17) is 5.11 Å².